The summed E-state index contributed by atoms with van der Waals surface area (Å²) in [5, 5.41) is 2.85. The van der Waals surface area contributed by atoms with Gasteiger partial charge < -0.3 is 14.6 Å². The predicted octanol–water partition coefficient (Wildman–Crippen LogP) is 4.30. The third kappa shape index (κ3) is 5.31. The first-order valence-corrected chi connectivity index (χ1v) is 11.3. The maximum absolute atomic E-state index is 13.7. The number of imidazole rings is 1. The average molecular weight is 449 g/mol. The fourth-order valence-electron chi connectivity index (χ4n) is 3.98. The number of benzene rings is 2. The zero-order valence-electron chi connectivity index (χ0n) is 19.8. The van der Waals surface area contributed by atoms with Gasteiger partial charge in [0.15, 0.2) is 0 Å². The topological polar surface area (TPSA) is 76.5 Å². The number of carbonyl (C=O) groups excluding carboxylic acids is 2. The van der Waals surface area contributed by atoms with Crippen molar-refractivity contribution in [2.75, 3.05) is 18.2 Å². The van der Waals surface area contributed by atoms with E-state index >= 15 is 0 Å². The summed E-state index contributed by atoms with van der Waals surface area (Å²) in [4.78, 5) is 32.1. The van der Waals surface area contributed by atoms with Gasteiger partial charge in [-0.05, 0) is 56.5 Å². The summed E-state index contributed by atoms with van der Waals surface area (Å²) in [5.41, 5.74) is 4.59. The molecule has 3 rings (SSSR count). The Morgan fingerprint density at radius 1 is 1.21 bits per heavy atom. The molecule has 0 bridgehead atoms. The standard InChI is InChI=1S/C26H32N4O3/c1-6-20-13-11-12-18(4)25(20)30(17-33-8-3)24(32)16-29-22-15-10-9-14-21(22)28-26(29)19(5)27-23(31)7-2/h7,9-15,19H,2,6,8,16-17H2,1,3-5H3,(H,27,31). The minimum absolute atomic E-state index is 0.0642. The van der Waals surface area contributed by atoms with Crippen LogP contribution in [0.2, 0.25) is 0 Å². The quantitative estimate of drug-likeness (QED) is 0.371. The van der Waals surface area contributed by atoms with Crippen molar-refractivity contribution in [1.82, 2.24) is 14.9 Å². The summed E-state index contributed by atoms with van der Waals surface area (Å²) in [7, 11) is 0. The molecule has 7 heteroatoms. The monoisotopic (exact) mass is 448 g/mol. The lowest BCUT2D eigenvalue weighted by molar-refractivity contribution is -0.120. The first-order chi connectivity index (χ1) is 15.9. The molecule has 0 fully saturated rings. The third-order valence-corrected chi connectivity index (χ3v) is 5.61. The minimum atomic E-state index is -0.402. The third-order valence-electron chi connectivity index (χ3n) is 5.61. The van der Waals surface area contributed by atoms with Crippen LogP contribution in [0.1, 0.15) is 43.8 Å². The van der Waals surface area contributed by atoms with Crippen molar-refractivity contribution >= 4 is 28.5 Å². The molecular formula is C26H32N4O3. The predicted molar refractivity (Wildman–Crippen MR) is 131 cm³/mol. The molecule has 1 N–H and O–H groups in total. The van der Waals surface area contributed by atoms with Crippen LogP contribution in [0.3, 0.4) is 0 Å². The summed E-state index contributed by atoms with van der Waals surface area (Å²) >= 11 is 0. The molecule has 0 aliphatic carbocycles. The Hall–Kier alpha value is -3.45. The average Bonchev–Trinajstić information content (AvgIpc) is 3.18. The zero-order valence-corrected chi connectivity index (χ0v) is 19.8. The second kappa shape index (κ2) is 10.9. The van der Waals surface area contributed by atoms with E-state index in [0.29, 0.717) is 12.4 Å². The van der Waals surface area contributed by atoms with Crippen LogP contribution >= 0.6 is 0 Å². The number of ether oxygens (including phenoxy) is 1. The number of para-hydroxylation sites is 3. The molecule has 0 aliphatic rings. The number of carbonyl (C=O) groups is 2. The van der Waals surface area contributed by atoms with Crippen molar-refractivity contribution in [3.63, 3.8) is 0 Å². The van der Waals surface area contributed by atoms with Gasteiger partial charge in [0.1, 0.15) is 19.1 Å². The molecule has 0 radical (unpaired) electrons. The van der Waals surface area contributed by atoms with Crippen LogP contribution in [-0.4, -0.2) is 34.7 Å². The van der Waals surface area contributed by atoms with Crippen molar-refractivity contribution in [3.8, 4) is 0 Å². The van der Waals surface area contributed by atoms with E-state index in [9.17, 15) is 9.59 Å². The Morgan fingerprint density at radius 2 is 1.97 bits per heavy atom. The maximum Gasteiger partial charge on any atom is 0.248 e. The number of hydrogen-bond acceptors (Lipinski definition) is 4. The summed E-state index contributed by atoms with van der Waals surface area (Å²) in [6, 6.07) is 13.3. The largest absolute Gasteiger partial charge is 0.361 e. The van der Waals surface area contributed by atoms with Gasteiger partial charge in [0, 0.05) is 6.61 Å². The molecule has 174 valence electrons. The summed E-state index contributed by atoms with van der Waals surface area (Å²) in [6.07, 6.45) is 2.03. The van der Waals surface area contributed by atoms with E-state index in [0.717, 1.165) is 34.3 Å². The first kappa shape index (κ1) is 24.2. The van der Waals surface area contributed by atoms with E-state index in [-0.39, 0.29) is 25.1 Å². The number of aromatic nitrogens is 2. The van der Waals surface area contributed by atoms with Gasteiger partial charge >= 0.3 is 0 Å². The van der Waals surface area contributed by atoms with E-state index in [2.05, 4.69) is 18.8 Å². The molecule has 1 aromatic heterocycles. The van der Waals surface area contributed by atoms with Crippen LogP contribution < -0.4 is 10.2 Å². The number of rotatable bonds is 10. The Kier molecular flexibility index (Phi) is 8.01. The highest BCUT2D eigenvalue weighted by Gasteiger charge is 2.24. The van der Waals surface area contributed by atoms with E-state index < -0.39 is 6.04 Å². The Balaban J connectivity index is 2.04. The molecule has 1 unspecified atom stereocenters. The van der Waals surface area contributed by atoms with Gasteiger partial charge in [0.05, 0.1) is 22.8 Å². The second-order valence-electron chi connectivity index (χ2n) is 7.86. The molecule has 0 saturated heterocycles. The van der Waals surface area contributed by atoms with E-state index in [1.165, 1.54) is 6.08 Å². The number of anilines is 1. The lowest BCUT2D eigenvalue weighted by atomic mass is 10.0. The molecule has 1 atom stereocenters. The zero-order chi connectivity index (χ0) is 24.0. The summed E-state index contributed by atoms with van der Waals surface area (Å²) in [5.74, 6) is 0.202. The van der Waals surface area contributed by atoms with Crippen molar-refractivity contribution < 1.29 is 14.3 Å². The first-order valence-electron chi connectivity index (χ1n) is 11.3. The fourth-order valence-corrected chi connectivity index (χ4v) is 3.98. The van der Waals surface area contributed by atoms with E-state index in [1.54, 1.807) is 4.90 Å². The molecular weight excluding hydrogens is 416 g/mol. The molecule has 7 nitrogen and oxygen atoms in total. The lowest BCUT2D eigenvalue weighted by Crippen LogP contribution is -2.38. The van der Waals surface area contributed by atoms with Crippen LogP contribution in [0.15, 0.2) is 55.1 Å². The second-order valence-corrected chi connectivity index (χ2v) is 7.86. The number of amides is 2. The normalized spacial score (nSPS) is 11.9. The number of nitrogens with zero attached hydrogens (tertiary/aromatic N) is 3. The molecule has 2 aromatic carbocycles. The van der Waals surface area contributed by atoms with Crippen molar-refractivity contribution in [1.29, 1.82) is 0 Å². The van der Waals surface area contributed by atoms with Gasteiger partial charge in [0.2, 0.25) is 11.8 Å². The van der Waals surface area contributed by atoms with Crippen LogP contribution in [0.25, 0.3) is 11.0 Å². The van der Waals surface area contributed by atoms with E-state index in [1.807, 2.05) is 67.8 Å². The lowest BCUT2D eigenvalue weighted by Gasteiger charge is -2.27. The molecule has 2 amide bonds. The smallest absolute Gasteiger partial charge is 0.248 e. The maximum atomic E-state index is 13.7. The van der Waals surface area contributed by atoms with Crippen molar-refractivity contribution in [2.45, 2.75) is 46.7 Å². The highest BCUT2D eigenvalue weighted by atomic mass is 16.5. The highest BCUT2D eigenvalue weighted by Crippen LogP contribution is 2.27. The molecule has 0 saturated carbocycles. The van der Waals surface area contributed by atoms with Crippen LogP contribution in [-0.2, 0) is 27.3 Å². The van der Waals surface area contributed by atoms with Crippen molar-refractivity contribution in [3.05, 3.63) is 72.1 Å². The van der Waals surface area contributed by atoms with Crippen LogP contribution in [0.5, 0.6) is 0 Å². The van der Waals surface area contributed by atoms with Gasteiger partial charge in [-0.1, -0.05) is 43.8 Å². The Bertz CT molecular complexity index is 1150. The number of aryl methyl sites for hydroxylation is 2. The molecule has 0 spiro atoms. The Labute approximate surface area is 195 Å². The van der Waals surface area contributed by atoms with Gasteiger partial charge in [0.25, 0.3) is 0 Å². The molecule has 0 aliphatic heterocycles. The van der Waals surface area contributed by atoms with E-state index in [4.69, 9.17) is 9.72 Å². The highest BCUT2D eigenvalue weighted by molar-refractivity contribution is 5.95. The number of fused-ring (bicyclic) bond motifs is 1. The van der Waals surface area contributed by atoms with Gasteiger partial charge in [-0.3, -0.25) is 14.5 Å². The minimum Gasteiger partial charge on any atom is -0.361 e. The molecule has 33 heavy (non-hydrogen) atoms. The Morgan fingerprint density at radius 3 is 2.67 bits per heavy atom. The van der Waals surface area contributed by atoms with Crippen LogP contribution in [0.4, 0.5) is 5.69 Å². The summed E-state index contributed by atoms with van der Waals surface area (Å²) < 4.78 is 7.56. The molecule has 1 heterocycles. The van der Waals surface area contributed by atoms with Crippen LogP contribution in [0, 0.1) is 6.92 Å². The van der Waals surface area contributed by atoms with Gasteiger partial charge in [-0.15, -0.1) is 0 Å². The van der Waals surface area contributed by atoms with Crippen molar-refractivity contribution in [2.24, 2.45) is 0 Å². The van der Waals surface area contributed by atoms with Gasteiger partial charge in [-0.25, -0.2) is 4.98 Å². The summed E-state index contributed by atoms with van der Waals surface area (Å²) in [6.45, 7) is 12.1. The number of nitrogens with one attached hydrogen (secondary N) is 1. The fraction of sp³-hybridized carbons (Fsp3) is 0.346. The molecule has 3 aromatic rings. The SMILES string of the molecule is C=CC(=O)NC(C)c1nc2ccccc2n1CC(=O)N(COCC)c1c(C)cccc1CC. The number of hydrogen-bond donors (Lipinski definition) is 1. The van der Waals surface area contributed by atoms with Gasteiger partial charge in [-0.2, -0.15) is 0 Å².